The number of nitrogens with one attached hydrogen (secondary N) is 1. The van der Waals surface area contributed by atoms with Crippen LogP contribution in [-0.2, 0) is 9.59 Å². The largest absolute Gasteiger partial charge is 0.493 e. The molecule has 3 aromatic rings. The van der Waals surface area contributed by atoms with Crippen molar-refractivity contribution >= 4 is 35.2 Å². The molecule has 2 amide bonds. The highest BCUT2D eigenvalue weighted by molar-refractivity contribution is 6.31. The van der Waals surface area contributed by atoms with Crippen molar-refractivity contribution in [2.24, 2.45) is 0 Å². The van der Waals surface area contributed by atoms with Crippen LogP contribution in [0.5, 0.6) is 11.5 Å². The molecule has 0 bridgehead atoms. The van der Waals surface area contributed by atoms with Crippen molar-refractivity contribution in [1.82, 2.24) is 5.43 Å². The Morgan fingerprint density at radius 1 is 0.844 bits per heavy atom. The Bertz CT molecular complexity index is 1130. The molecule has 32 heavy (non-hydrogen) atoms. The molecule has 0 unspecified atom stereocenters. The lowest BCUT2D eigenvalue weighted by molar-refractivity contribution is -0.117. The Morgan fingerprint density at radius 3 is 2.31 bits per heavy atom. The first-order valence-electron chi connectivity index (χ1n) is 10.1. The maximum absolute atomic E-state index is 12.8. The van der Waals surface area contributed by atoms with Gasteiger partial charge in [-0.2, -0.15) is 0 Å². The first-order valence-corrected chi connectivity index (χ1v) is 10.5. The number of ether oxygens (including phenoxy) is 2. The fourth-order valence-electron chi connectivity index (χ4n) is 3.16. The predicted molar refractivity (Wildman–Crippen MR) is 124 cm³/mol. The van der Waals surface area contributed by atoms with Gasteiger partial charge in [0.25, 0.3) is 11.8 Å². The fraction of sp³-hybridized carbons (Fsp3) is 0.120. The van der Waals surface area contributed by atoms with E-state index in [1.807, 2.05) is 30.3 Å². The van der Waals surface area contributed by atoms with Crippen LogP contribution in [0, 0.1) is 0 Å². The van der Waals surface area contributed by atoms with E-state index in [9.17, 15) is 9.59 Å². The summed E-state index contributed by atoms with van der Waals surface area (Å²) < 4.78 is 11.5. The normalized spacial score (nSPS) is 14.5. The first kappa shape index (κ1) is 21.5. The third-order valence-corrected chi connectivity index (χ3v) is 5.01. The average molecular weight is 449 g/mol. The molecule has 1 heterocycles. The smallest absolute Gasteiger partial charge is 0.282 e. The molecule has 0 saturated carbocycles. The summed E-state index contributed by atoms with van der Waals surface area (Å²) in [6.45, 7) is 0.905. The zero-order chi connectivity index (χ0) is 22.3. The number of nitrogens with zero attached hydrogens (tertiary/aromatic N) is 1. The van der Waals surface area contributed by atoms with Crippen LogP contribution in [-0.4, -0.2) is 25.0 Å². The SMILES string of the molecule is O=C1NN(c2ccccc2)C(=O)C1=Cc1ccccc1OCCCOc1ccc(Cl)cc1. The Balaban J connectivity index is 1.38. The minimum atomic E-state index is -0.454. The van der Waals surface area contributed by atoms with Gasteiger partial charge in [-0.3, -0.25) is 15.0 Å². The number of hydrogen-bond donors (Lipinski definition) is 1. The van der Waals surface area contributed by atoms with Gasteiger partial charge in [0.15, 0.2) is 0 Å². The third-order valence-electron chi connectivity index (χ3n) is 4.75. The highest BCUT2D eigenvalue weighted by Gasteiger charge is 2.34. The van der Waals surface area contributed by atoms with Crippen LogP contribution in [0.4, 0.5) is 5.69 Å². The summed E-state index contributed by atoms with van der Waals surface area (Å²) in [5.41, 5.74) is 3.90. The highest BCUT2D eigenvalue weighted by Crippen LogP contribution is 2.25. The van der Waals surface area contributed by atoms with Gasteiger partial charge in [-0.15, -0.1) is 0 Å². The monoisotopic (exact) mass is 448 g/mol. The highest BCUT2D eigenvalue weighted by atomic mass is 35.5. The first-order chi connectivity index (χ1) is 15.6. The zero-order valence-electron chi connectivity index (χ0n) is 17.2. The van der Waals surface area contributed by atoms with Crippen molar-refractivity contribution in [2.75, 3.05) is 18.2 Å². The molecule has 1 saturated heterocycles. The molecule has 1 N–H and O–H groups in total. The molecular formula is C25H21ClN2O4. The Morgan fingerprint density at radius 2 is 1.53 bits per heavy atom. The van der Waals surface area contributed by atoms with Crippen LogP contribution in [0.2, 0.25) is 5.02 Å². The number of benzene rings is 3. The average Bonchev–Trinajstić information content (AvgIpc) is 3.10. The molecule has 162 valence electrons. The van der Waals surface area contributed by atoms with Crippen LogP contribution >= 0.6 is 11.6 Å². The van der Waals surface area contributed by atoms with E-state index in [4.69, 9.17) is 21.1 Å². The zero-order valence-corrected chi connectivity index (χ0v) is 17.9. The van der Waals surface area contributed by atoms with Crippen molar-refractivity contribution in [2.45, 2.75) is 6.42 Å². The molecule has 1 fully saturated rings. The summed E-state index contributed by atoms with van der Waals surface area (Å²) >= 11 is 5.87. The number of hydrazine groups is 1. The molecular weight excluding hydrogens is 428 g/mol. The molecule has 1 aliphatic heterocycles. The molecule has 0 radical (unpaired) electrons. The van der Waals surface area contributed by atoms with Gasteiger partial charge in [0.2, 0.25) is 0 Å². The molecule has 0 aromatic heterocycles. The van der Waals surface area contributed by atoms with E-state index in [-0.39, 0.29) is 5.57 Å². The van der Waals surface area contributed by atoms with Gasteiger partial charge in [-0.05, 0) is 48.5 Å². The predicted octanol–water partition coefficient (Wildman–Crippen LogP) is 4.65. The topological polar surface area (TPSA) is 67.9 Å². The summed E-state index contributed by atoms with van der Waals surface area (Å²) in [6, 6.07) is 23.4. The molecule has 0 atom stereocenters. The second-order valence-corrected chi connectivity index (χ2v) is 7.45. The van der Waals surface area contributed by atoms with Gasteiger partial charge in [-0.25, -0.2) is 5.01 Å². The van der Waals surface area contributed by atoms with Crippen molar-refractivity contribution in [3.05, 3.63) is 95.0 Å². The van der Waals surface area contributed by atoms with Crippen LogP contribution in [0.15, 0.2) is 84.4 Å². The van der Waals surface area contributed by atoms with Gasteiger partial charge in [0.05, 0.1) is 18.9 Å². The molecule has 4 rings (SSSR count). The van der Waals surface area contributed by atoms with Gasteiger partial charge >= 0.3 is 0 Å². The number of hydrogen-bond acceptors (Lipinski definition) is 4. The summed E-state index contributed by atoms with van der Waals surface area (Å²) in [7, 11) is 0. The summed E-state index contributed by atoms with van der Waals surface area (Å²) in [5, 5.41) is 1.90. The van der Waals surface area contributed by atoms with Crippen LogP contribution in [0.3, 0.4) is 0 Å². The second kappa shape index (κ2) is 10.0. The van der Waals surface area contributed by atoms with Gasteiger partial charge in [0, 0.05) is 17.0 Å². The maximum atomic E-state index is 12.8. The molecule has 7 heteroatoms. The number of rotatable bonds is 8. The lowest BCUT2D eigenvalue weighted by Gasteiger charge is -2.14. The number of anilines is 1. The third kappa shape index (κ3) is 5.10. The van der Waals surface area contributed by atoms with E-state index < -0.39 is 11.8 Å². The van der Waals surface area contributed by atoms with E-state index in [2.05, 4.69) is 5.43 Å². The fourth-order valence-corrected chi connectivity index (χ4v) is 3.29. The van der Waals surface area contributed by atoms with Crippen molar-refractivity contribution in [1.29, 1.82) is 0 Å². The van der Waals surface area contributed by atoms with E-state index in [1.54, 1.807) is 54.6 Å². The van der Waals surface area contributed by atoms with E-state index in [0.29, 0.717) is 41.7 Å². The van der Waals surface area contributed by atoms with E-state index >= 15 is 0 Å². The molecule has 1 aliphatic rings. The minimum Gasteiger partial charge on any atom is -0.493 e. The van der Waals surface area contributed by atoms with Crippen molar-refractivity contribution < 1.29 is 19.1 Å². The van der Waals surface area contributed by atoms with Crippen LogP contribution in [0.25, 0.3) is 6.08 Å². The van der Waals surface area contributed by atoms with Crippen LogP contribution in [0.1, 0.15) is 12.0 Å². The summed E-state index contributed by atoms with van der Waals surface area (Å²) in [4.78, 5) is 25.2. The minimum absolute atomic E-state index is 0.0518. The van der Waals surface area contributed by atoms with Crippen molar-refractivity contribution in [3.63, 3.8) is 0 Å². The lowest BCUT2D eigenvalue weighted by atomic mass is 10.1. The summed E-state index contributed by atoms with van der Waals surface area (Å²) in [5.74, 6) is 0.468. The molecule has 0 spiro atoms. The quantitative estimate of drug-likeness (QED) is 0.309. The van der Waals surface area contributed by atoms with Gasteiger partial charge in [-0.1, -0.05) is 48.0 Å². The number of halogens is 1. The maximum Gasteiger partial charge on any atom is 0.282 e. The summed E-state index contributed by atoms with van der Waals surface area (Å²) in [6.07, 6.45) is 2.22. The van der Waals surface area contributed by atoms with Gasteiger partial charge in [0.1, 0.15) is 17.1 Å². The molecule has 0 aliphatic carbocycles. The van der Waals surface area contributed by atoms with Crippen LogP contribution < -0.4 is 19.9 Å². The van der Waals surface area contributed by atoms with E-state index in [0.717, 1.165) is 5.75 Å². The number of carbonyl (C=O) groups is 2. The molecule has 3 aromatic carbocycles. The standard InChI is InChI=1S/C25H21ClN2O4/c26-19-11-13-21(14-12-19)31-15-6-16-32-23-10-5-4-7-18(23)17-22-24(29)27-28(25(22)30)20-8-2-1-3-9-20/h1-5,7-14,17H,6,15-16H2,(H,27,29). The number of para-hydroxylation sites is 2. The van der Waals surface area contributed by atoms with Gasteiger partial charge < -0.3 is 9.47 Å². The Labute approximate surface area is 191 Å². The van der Waals surface area contributed by atoms with E-state index in [1.165, 1.54) is 5.01 Å². The number of carbonyl (C=O) groups excluding carboxylic acids is 2. The lowest BCUT2D eigenvalue weighted by Crippen LogP contribution is -2.35. The second-order valence-electron chi connectivity index (χ2n) is 7.02. The Kier molecular flexibility index (Phi) is 6.72. The number of amides is 2. The van der Waals surface area contributed by atoms with Crippen molar-refractivity contribution in [3.8, 4) is 11.5 Å². The molecule has 6 nitrogen and oxygen atoms in total. The Hall–Kier alpha value is -3.77.